The van der Waals surface area contributed by atoms with E-state index in [1.54, 1.807) is 14.2 Å². The van der Waals surface area contributed by atoms with Crippen molar-refractivity contribution < 1.29 is 14.3 Å². The largest absolute Gasteiger partial charge is 0.497 e. The quantitative estimate of drug-likeness (QED) is 0.836. The van der Waals surface area contributed by atoms with Crippen LogP contribution in [0.15, 0.2) is 42.5 Å². The summed E-state index contributed by atoms with van der Waals surface area (Å²) >= 11 is 0. The van der Waals surface area contributed by atoms with Gasteiger partial charge in [-0.2, -0.15) is 0 Å². The molecule has 1 aliphatic rings. The van der Waals surface area contributed by atoms with Crippen molar-refractivity contribution >= 4 is 23.0 Å². The smallest absolute Gasteiger partial charge is 0.227 e. The summed E-state index contributed by atoms with van der Waals surface area (Å²) in [7, 11) is 3.25. The van der Waals surface area contributed by atoms with Crippen molar-refractivity contribution in [2.24, 2.45) is 5.92 Å². The molecule has 1 saturated carbocycles. The molecule has 0 saturated heterocycles. The van der Waals surface area contributed by atoms with Gasteiger partial charge in [0, 0.05) is 23.4 Å². The molecule has 0 radical (unpaired) electrons. The number of hydrogen-bond acceptors (Lipinski definition) is 4. The fraction of sp³-hybridized carbons (Fsp3) is 0.316. The first-order valence-electron chi connectivity index (χ1n) is 8.09. The van der Waals surface area contributed by atoms with Crippen LogP contribution >= 0.6 is 0 Å². The number of benzene rings is 2. The minimum Gasteiger partial charge on any atom is -0.497 e. The van der Waals surface area contributed by atoms with Gasteiger partial charge in [-0.1, -0.05) is 6.42 Å². The van der Waals surface area contributed by atoms with E-state index in [2.05, 4.69) is 10.6 Å². The monoisotopic (exact) mass is 326 g/mol. The topological polar surface area (TPSA) is 59.6 Å². The molecular formula is C19H22N2O3. The Morgan fingerprint density at radius 2 is 1.71 bits per heavy atom. The molecule has 126 valence electrons. The summed E-state index contributed by atoms with van der Waals surface area (Å²) < 4.78 is 10.6. The highest BCUT2D eigenvalue weighted by Crippen LogP contribution is 2.32. The van der Waals surface area contributed by atoms with E-state index in [1.807, 2.05) is 42.5 Å². The van der Waals surface area contributed by atoms with Crippen molar-refractivity contribution in [1.82, 2.24) is 0 Å². The van der Waals surface area contributed by atoms with Crippen LogP contribution in [-0.2, 0) is 4.79 Å². The van der Waals surface area contributed by atoms with Gasteiger partial charge in [-0.25, -0.2) is 0 Å². The number of anilines is 3. The lowest BCUT2D eigenvalue weighted by Gasteiger charge is -2.24. The van der Waals surface area contributed by atoms with Crippen LogP contribution in [-0.4, -0.2) is 20.1 Å². The molecule has 0 aromatic heterocycles. The van der Waals surface area contributed by atoms with Crippen molar-refractivity contribution in [3.05, 3.63) is 42.5 Å². The van der Waals surface area contributed by atoms with Crippen molar-refractivity contribution in [1.29, 1.82) is 0 Å². The summed E-state index contributed by atoms with van der Waals surface area (Å²) in [5, 5.41) is 6.27. The number of methoxy groups -OCH3 is 2. The third-order valence-corrected chi connectivity index (χ3v) is 4.32. The SMILES string of the molecule is COc1ccc(Nc2ccc(NC(=O)C3CCC3)cc2)c(OC)c1. The molecule has 2 aromatic carbocycles. The lowest BCUT2D eigenvalue weighted by Crippen LogP contribution is -2.27. The Bertz CT molecular complexity index is 709. The predicted octanol–water partition coefficient (Wildman–Crippen LogP) is 4.19. The van der Waals surface area contributed by atoms with Crippen molar-refractivity contribution in [3.8, 4) is 11.5 Å². The normalized spacial score (nSPS) is 13.8. The van der Waals surface area contributed by atoms with Crippen LogP contribution in [0, 0.1) is 5.92 Å². The van der Waals surface area contributed by atoms with E-state index in [1.165, 1.54) is 0 Å². The lowest BCUT2D eigenvalue weighted by molar-refractivity contribution is -0.122. The van der Waals surface area contributed by atoms with Gasteiger partial charge in [0.1, 0.15) is 11.5 Å². The van der Waals surface area contributed by atoms with Gasteiger partial charge in [0.25, 0.3) is 0 Å². The molecule has 0 atom stereocenters. The van der Waals surface area contributed by atoms with Gasteiger partial charge in [0.15, 0.2) is 0 Å². The number of amides is 1. The molecule has 5 nitrogen and oxygen atoms in total. The van der Waals surface area contributed by atoms with E-state index >= 15 is 0 Å². The molecule has 0 heterocycles. The Hall–Kier alpha value is -2.69. The number of nitrogens with one attached hydrogen (secondary N) is 2. The number of rotatable bonds is 6. The summed E-state index contributed by atoms with van der Waals surface area (Å²) in [4.78, 5) is 12.0. The van der Waals surface area contributed by atoms with Crippen LogP contribution in [0.2, 0.25) is 0 Å². The van der Waals surface area contributed by atoms with Crippen LogP contribution in [0.3, 0.4) is 0 Å². The highest BCUT2D eigenvalue weighted by molar-refractivity contribution is 5.93. The second-order valence-electron chi connectivity index (χ2n) is 5.89. The van der Waals surface area contributed by atoms with Gasteiger partial charge in [-0.15, -0.1) is 0 Å². The maximum atomic E-state index is 12.0. The van der Waals surface area contributed by atoms with Crippen LogP contribution < -0.4 is 20.1 Å². The molecule has 0 unspecified atom stereocenters. The van der Waals surface area contributed by atoms with E-state index < -0.39 is 0 Å². The summed E-state index contributed by atoms with van der Waals surface area (Å²) in [6.45, 7) is 0. The molecule has 1 amide bonds. The average Bonchev–Trinajstić information content (AvgIpc) is 2.55. The highest BCUT2D eigenvalue weighted by atomic mass is 16.5. The van der Waals surface area contributed by atoms with E-state index in [-0.39, 0.29) is 11.8 Å². The van der Waals surface area contributed by atoms with E-state index in [4.69, 9.17) is 9.47 Å². The second-order valence-corrected chi connectivity index (χ2v) is 5.89. The molecule has 1 fully saturated rings. The summed E-state index contributed by atoms with van der Waals surface area (Å²) in [6.07, 6.45) is 3.16. The molecule has 1 aliphatic carbocycles. The minimum absolute atomic E-state index is 0.124. The third kappa shape index (κ3) is 3.62. The number of ether oxygens (including phenoxy) is 2. The van der Waals surface area contributed by atoms with Crippen LogP contribution in [0.25, 0.3) is 0 Å². The maximum absolute atomic E-state index is 12.0. The zero-order valence-corrected chi connectivity index (χ0v) is 14.0. The molecule has 2 N–H and O–H groups in total. The Morgan fingerprint density at radius 1 is 1.00 bits per heavy atom. The summed E-state index contributed by atoms with van der Waals surface area (Å²) in [6, 6.07) is 13.3. The molecule has 5 heteroatoms. The number of hydrogen-bond donors (Lipinski definition) is 2. The van der Waals surface area contributed by atoms with Crippen LogP contribution in [0.5, 0.6) is 11.5 Å². The van der Waals surface area contributed by atoms with Gasteiger partial charge in [0.05, 0.1) is 19.9 Å². The van der Waals surface area contributed by atoms with Gasteiger partial charge < -0.3 is 20.1 Å². The Labute approximate surface area is 142 Å². The molecular weight excluding hydrogens is 304 g/mol. The van der Waals surface area contributed by atoms with E-state index in [9.17, 15) is 4.79 Å². The van der Waals surface area contributed by atoms with Crippen molar-refractivity contribution in [3.63, 3.8) is 0 Å². The van der Waals surface area contributed by atoms with Gasteiger partial charge in [0.2, 0.25) is 5.91 Å². The van der Waals surface area contributed by atoms with Crippen LogP contribution in [0.1, 0.15) is 19.3 Å². The van der Waals surface area contributed by atoms with E-state index in [0.29, 0.717) is 5.75 Å². The first-order chi connectivity index (χ1) is 11.7. The molecule has 2 aromatic rings. The number of carbonyl (C=O) groups excluding carboxylic acids is 1. The second kappa shape index (κ2) is 7.25. The Morgan fingerprint density at radius 3 is 2.29 bits per heavy atom. The minimum atomic E-state index is 0.124. The zero-order valence-electron chi connectivity index (χ0n) is 14.0. The highest BCUT2D eigenvalue weighted by Gasteiger charge is 2.24. The fourth-order valence-corrected chi connectivity index (χ4v) is 2.61. The lowest BCUT2D eigenvalue weighted by atomic mass is 9.85. The first kappa shape index (κ1) is 16.2. The van der Waals surface area contributed by atoms with E-state index in [0.717, 1.165) is 42.1 Å². The fourth-order valence-electron chi connectivity index (χ4n) is 2.61. The molecule has 0 aliphatic heterocycles. The summed E-state index contributed by atoms with van der Waals surface area (Å²) in [5.41, 5.74) is 2.59. The van der Waals surface area contributed by atoms with Crippen LogP contribution in [0.4, 0.5) is 17.1 Å². The molecule has 3 rings (SSSR count). The zero-order chi connectivity index (χ0) is 16.9. The van der Waals surface area contributed by atoms with Gasteiger partial charge >= 0.3 is 0 Å². The molecule has 0 spiro atoms. The Kier molecular flexibility index (Phi) is 4.89. The van der Waals surface area contributed by atoms with Gasteiger partial charge in [-0.3, -0.25) is 4.79 Å². The predicted molar refractivity (Wildman–Crippen MR) is 95.2 cm³/mol. The molecule has 0 bridgehead atoms. The molecule has 24 heavy (non-hydrogen) atoms. The van der Waals surface area contributed by atoms with Crippen molar-refractivity contribution in [2.45, 2.75) is 19.3 Å². The van der Waals surface area contributed by atoms with Gasteiger partial charge in [-0.05, 0) is 49.2 Å². The van der Waals surface area contributed by atoms with Crippen molar-refractivity contribution in [2.75, 3.05) is 24.9 Å². The number of carbonyl (C=O) groups is 1. The summed E-state index contributed by atoms with van der Waals surface area (Å²) in [5.74, 6) is 1.76. The Balaban J connectivity index is 1.66. The first-order valence-corrected chi connectivity index (χ1v) is 8.09. The average molecular weight is 326 g/mol. The third-order valence-electron chi connectivity index (χ3n) is 4.32. The maximum Gasteiger partial charge on any atom is 0.227 e. The standard InChI is InChI=1S/C19H22N2O3/c1-23-16-10-11-17(18(12-16)24-2)20-14-6-8-15(9-7-14)21-19(22)13-4-3-5-13/h6-13,20H,3-5H2,1-2H3,(H,21,22).